The van der Waals surface area contributed by atoms with E-state index < -0.39 is 79.9 Å². The molecule has 9 heterocycles. The van der Waals surface area contributed by atoms with Gasteiger partial charge in [0.1, 0.15) is 96.9 Å². The van der Waals surface area contributed by atoms with Gasteiger partial charge in [0.05, 0.1) is 28.0 Å². The molecular formula is C69H83Cl2N12O12P. The average Bonchev–Trinajstić information content (AvgIpc) is 1.57. The number of halogens is 2. The molecule has 4 N–H and O–H groups in total. The van der Waals surface area contributed by atoms with Gasteiger partial charge in [0, 0.05) is 25.5 Å². The lowest BCUT2D eigenvalue weighted by Gasteiger charge is -2.30. The maximum atomic E-state index is 15.9. The summed E-state index contributed by atoms with van der Waals surface area (Å²) in [5, 5.41) is 41.0. The van der Waals surface area contributed by atoms with Crippen molar-refractivity contribution in [3.05, 3.63) is 130 Å². The highest BCUT2D eigenvalue weighted by molar-refractivity contribution is 7.49. The van der Waals surface area contributed by atoms with Crippen molar-refractivity contribution in [2.75, 3.05) is 31.3 Å². The highest BCUT2D eigenvalue weighted by Crippen LogP contribution is 2.57. The Morgan fingerprint density at radius 2 is 1.05 bits per heavy atom. The molecule has 2 aromatic carbocycles. The van der Waals surface area contributed by atoms with Crippen molar-refractivity contribution in [2.24, 2.45) is 0 Å². The smallest absolute Gasteiger partial charge is 0.469 e. The first-order chi connectivity index (χ1) is 46.3. The van der Waals surface area contributed by atoms with E-state index in [1.165, 1.54) is 108 Å². The van der Waals surface area contributed by atoms with Gasteiger partial charge in [0.15, 0.2) is 45.9 Å². The number of nitrogen functional groups attached to an aromatic ring is 2. The summed E-state index contributed by atoms with van der Waals surface area (Å²) in [6.07, 6.45) is 15.7. The molecule has 510 valence electrons. The summed E-state index contributed by atoms with van der Waals surface area (Å²) >= 11 is 14.7. The largest absolute Gasteiger partial charge is 0.587 e. The summed E-state index contributed by atoms with van der Waals surface area (Å²) in [7, 11) is -5.05. The first kappa shape index (κ1) is 70.1. The third kappa shape index (κ3) is 15.8. The Morgan fingerprint density at radius 3 is 1.51 bits per heavy atom. The number of benzene rings is 2. The molecule has 24 nitrogen and oxygen atoms in total. The van der Waals surface area contributed by atoms with E-state index in [2.05, 4.69) is 44.2 Å². The topological polar surface area (TPSA) is 315 Å². The second kappa shape index (κ2) is 30.7. The zero-order valence-corrected chi connectivity index (χ0v) is 57.2. The Bertz CT molecular complexity index is 3830. The lowest BCUT2D eigenvalue weighted by molar-refractivity contribution is -0.200. The molecule has 0 aliphatic carbocycles. The Kier molecular flexibility index (Phi) is 22.4. The Balaban J connectivity index is 0.839. The first-order valence-corrected chi connectivity index (χ1v) is 35.4. The van der Waals surface area contributed by atoms with Crippen LogP contribution >= 0.6 is 31.0 Å². The quantitative estimate of drug-likeness (QED) is 0.0279. The summed E-state index contributed by atoms with van der Waals surface area (Å²) < 4.78 is 90.3. The van der Waals surface area contributed by atoms with Crippen LogP contribution in [0.15, 0.2) is 91.5 Å². The van der Waals surface area contributed by atoms with Crippen LogP contribution in [0.3, 0.4) is 0 Å². The van der Waals surface area contributed by atoms with E-state index in [0.717, 1.165) is 25.7 Å². The predicted octanol–water partition coefficient (Wildman–Crippen LogP) is 14.0. The van der Waals surface area contributed by atoms with Crippen LogP contribution in [0, 0.1) is 34.0 Å². The van der Waals surface area contributed by atoms with Crippen LogP contribution in [0.5, 0.6) is 17.4 Å². The first-order valence-electron chi connectivity index (χ1n) is 33.2. The lowest BCUT2D eigenvalue weighted by Crippen LogP contribution is -2.44. The van der Waals surface area contributed by atoms with E-state index in [0.29, 0.717) is 40.2 Å². The van der Waals surface area contributed by atoms with Crippen LogP contribution < -0.4 is 25.3 Å². The number of phosphoric acid groups is 1. The molecule has 5 aromatic heterocycles. The molecule has 0 radical (unpaired) electrons. The van der Waals surface area contributed by atoms with Gasteiger partial charge in [-0.1, -0.05) is 157 Å². The summed E-state index contributed by atoms with van der Waals surface area (Å²) in [5.74, 6) is -2.06. The third-order valence-corrected chi connectivity index (χ3v) is 20.0. The number of nitrogens with two attached hydrogens (primary N) is 2. The van der Waals surface area contributed by atoms with E-state index in [4.69, 9.17) is 86.1 Å². The van der Waals surface area contributed by atoms with Gasteiger partial charge in [-0.05, 0) is 87.7 Å². The number of unbranched alkanes of at least 4 members (excludes halogenated alkanes) is 15. The predicted molar refractivity (Wildman–Crippen MR) is 356 cm³/mol. The monoisotopic (exact) mass is 1370 g/mol. The molecule has 7 aromatic rings. The second-order valence-corrected chi connectivity index (χ2v) is 28.1. The zero-order chi connectivity index (χ0) is 67.7. The van der Waals surface area contributed by atoms with Crippen molar-refractivity contribution in [2.45, 2.75) is 216 Å². The van der Waals surface area contributed by atoms with Crippen LogP contribution in [0.1, 0.15) is 178 Å². The minimum absolute atomic E-state index is 0.0631. The molecule has 4 saturated heterocycles. The van der Waals surface area contributed by atoms with Crippen molar-refractivity contribution in [1.29, 1.82) is 15.8 Å². The van der Waals surface area contributed by atoms with Crippen LogP contribution in [-0.2, 0) is 55.1 Å². The molecule has 27 heteroatoms. The van der Waals surface area contributed by atoms with Crippen LogP contribution in [-0.4, -0.2) is 107 Å². The molecule has 4 unspecified atom stereocenters. The van der Waals surface area contributed by atoms with Gasteiger partial charge in [0.25, 0.3) is 0 Å². The van der Waals surface area contributed by atoms with E-state index in [9.17, 15) is 15.8 Å². The second-order valence-electron chi connectivity index (χ2n) is 25.9. The SMILES string of the molecule is CCCCCCCCCCCCCCCCCCOC[C@H](COP(=O)(Oc1cccc(C[C@]2(C#N)O[C@@H](c3ccc4c(N)ncnn34)C3OC(C)(C)OC32)c1Cl)Oc1cccc(C[C@]2(C#N)O[C@@H](c3ccc4c(N)ncnn34)C3OC(C)(C)OC32)c1Cl)Oc1cccc(C#N)n1. The molecule has 0 saturated carbocycles. The Hall–Kier alpha value is -7.21. The number of ether oxygens (including phenoxy) is 8. The number of aromatic nitrogens is 7. The van der Waals surface area contributed by atoms with Crippen LogP contribution in [0.25, 0.3) is 11.0 Å². The number of rotatable bonds is 34. The number of phosphoric ester groups is 1. The van der Waals surface area contributed by atoms with Crippen molar-refractivity contribution >= 4 is 53.7 Å². The number of nitrogens with zero attached hydrogens (tertiary/aromatic N) is 10. The molecule has 0 amide bonds. The van der Waals surface area contributed by atoms with Crippen molar-refractivity contribution in [3.63, 3.8) is 0 Å². The Morgan fingerprint density at radius 1 is 0.594 bits per heavy atom. The standard InChI is InChI=1S/C69H83Cl2N12O12P/c1-6-7-8-9-10-11-12-13-14-15-16-17-18-19-20-21-35-85-39-48(87-55-30-24-27-47(38-72)81-55)40-86-96(84,94-53-28-22-25-45(56(53)70)36-68(41-73)62-60(88-66(2,3)92-62)58(90-68)49-31-33-51-64(75)77-43-79-82(49)51)95-54-29-23-26-46(57(54)71)37-69(42-74)63-61(89-67(4,5)93-63)59(91-69)50-32-34-52-65(76)78-44-80-83(50)52/h22-34,43-44,48,58-63H,6-21,35-37,39-40H2,1-5H3,(H2,75,77,79)(H2,76,78,80)/t48-,58+,59+,60?,61?,62?,63?,68-,69-,96?/m1/s1. The molecule has 96 heavy (non-hydrogen) atoms. The maximum absolute atomic E-state index is 15.9. The molecular weight excluding hydrogens is 1290 g/mol. The number of hydrogen-bond donors (Lipinski definition) is 2. The fourth-order valence-corrected chi connectivity index (χ4v) is 15.1. The highest BCUT2D eigenvalue weighted by Gasteiger charge is 2.66. The van der Waals surface area contributed by atoms with Gasteiger partial charge in [-0.25, -0.2) is 28.5 Å². The van der Waals surface area contributed by atoms with E-state index in [1.807, 2.05) is 6.07 Å². The molecule has 9 atom stereocenters. The van der Waals surface area contributed by atoms with E-state index >= 15 is 4.57 Å². The molecule has 0 spiro atoms. The number of anilines is 2. The molecule has 0 bridgehead atoms. The van der Waals surface area contributed by atoms with Gasteiger partial charge >= 0.3 is 7.82 Å². The summed E-state index contributed by atoms with van der Waals surface area (Å²) in [5.41, 5.74) is 11.9. The van der Waals surface area contributed by atoms with Crippen molar-refractivity contribution < 1.29 is 56.0 Å². The summed E-state index contributed by atoms with van der Waals surface area (Å²) in [6, 6.07) is 28.1. The molecule has 4 aliphatic heterocycles. The number of pyridine rings is 1. The maximum Gasteiger partial charge on any atom is 0.587 e. The van der Waals surface area contributed by atoms with Crippen LogP contribution in [0.2, 0.25) is 10.0 Å². The molecule has 4 fully saturated rings. The Labute approximate surface area is 569 Å². The normalized spacial score (nSPS) is 24.0. The minimum atomic E-state index is -5.05. The van der Waals surface area contributed by atoms with E-state index in [1.54, 1.807) is 97.4 Å². The van der Waals surface area contributed by atoms with Crippen molar-refractivity contribution in [1.82, 2.24) is 34.2 Å². The molecule has 11 rings (SSSR count). The highest BCUT2D eigenvalue weighted by atomic mass is 35.5. The average molecular weight is 1370 g/mol. The summed E-state index contributed by atoms with van der Waals surface area (Å²) in [4.78, 5) is 12.6. The van der Waals surface area contributed by atoms with Gasteiger partial charge in [-0.2, -0.15) is 26.0 Å². The zero-order valence-electron chi connectivity index (χ0n) is 54.8. The summed E-state index contributed by atoms with van der Waals surface area (Å²) in [6.45, 7) is 9.09. The van der Waals surface area contributed by atoms with Gasteiger partial charge in [0.2, 0.25) is 5.88 Å². The number of hydrogen-bond acceptors (Lipinski definition) is 22. The third-order valence-electron chi connectivity index (χ3n) is 17.8. The van der Waals surface area contributed by atoms with Gasteiger partial charge in [-0.15, -0.1) is 0 Å². The molecule has 4 aliphatic rings. The fourth-order valence-electron chi connectivity index (χ4n) is 13.2. The number of nitriles is 3. The van der Waals surface area contributed by atoms with Crippen molar-refractivity contribution in [3.8, 4) is 35.6 Å². The fraction of sp³-hybridized carbons (Fsp3) is 0.536. The van der Waals surface area contributed by atoms with Crippen LogP contribution in [0.4, 0.5) is 11.6 Å². The van der Waals surface area contributed by atoms with E-state index in [-0.39, 0.29) is 64.2 Å². The van der Waals surface area contributed by atoms with Gasteiger partial charge in [-0.3, -0.25) is 4.52 Å². The minimum Gasteiger partial charge on any atom is -0.469 e. The van der Waals surface area contributed by atoms with Gasteiger partial charge < -0.3 is 58.4 Å². The number of fused-ring (bicyclic) bond motifs is 4. The lowest BCUT2D eigenvalue weighted by atomic mass is 9.88.